The lowest BCUT2D eigenvalue weighted by Gasteiger charge is -2.05. The number of aromatic nitrogens is 1. The van der Waals surface area contributed by atoms with E-state index in [1.54, 1.807) is 12.1 Å². The zero-order chi connectivity index (χ0) is 13.8. The molecule has 0 atom stereocenters. The first-order valence-electron chi connectivity index (χ1n) is 6.15. The van der Waals surface area contributed by atoms with E-state index in [0.29, 0.717) is 5.69 Å². The van der Waals surface area contributed by atoms with Gasteiger partial charge in [0.05, 0.1) is 0 Å². The van der Waals surface area contributed by atoms with E-state index < -0.39 is 0 Å². The van der Waals surface area contributed by atoms with E-state index in [9.17, 15) is 5.11 Å². The third-order valence-electron chi connectivity index (χ3n) is 3.34. The predicted octanol–water partition coefficient (Wildman–Crippen LogP) is 2.20. The Balaban J connectivity index is 1.96. The van der Waals surface area contributed by atoms with E-state index in [1.165, 1.54) is 0 Å². The molecule has 0 bridgehead atoms. The minimum atomic E-state index is 0.279. The highest BCUT2D eigenvalue weighted by molar-refractivity contribution is 5.34. The van der Waals surface area contributed by atoms with Crippen molar-refractivity contribution in [2.75, 3.05) is 0 Å². The van der Waals surface area contributed by atoms with Crippen molar-refractivity contribution in [2.24, 2.45) is 7.05 Å². The molecule has 98 valence electrons. The summed E-state index contributed by atoms with van der Waals surface area (Å²) in [5.74, 6) is 0.279. The van der Waals surface area contributed by atoms with Crippen LogP contribution < -0.4 is 5.32 Å². The molecule has 2 N–H and O–H groups in total. The molecule has 2 rings (SSSR count). The standard InChI is InChI=1S/C15H17N3O/c1-11-13(7-14(8-16)18(11)2)10-17-9-12-3-5-15(19)6-4-12/h3-7,17,19H,9-10H2,1-2H3. The number of nitriles is 1. The van der Waals surface area contributed by atoms with Gasteiger partial charge in [-0.15, -0.1) is 0 Å². The number of phenolic OH excluding ortho intramolecular Hbond substituents is 1. The Morgan fingerprint density at radius 1 is 1.26 bits per heavy atom. The van der Waals surface area contributed by atoms with Gasteiger partial charge in [0.2, 0.25) is 0 Å². The van der Waals surface area contributed by atoms with Gasteiger partial charge in [-0.1, -0.05) is 12.1 Å². The first-order valence-corrected chi connectivity index (χ1v) is 6.15. The summed E-state index contributed by atoms with van der Waals surface area (Å²) in [5.41, 5.74) is 4.04. The molecule has 1 heterocycles. The molecule has 0 aliphatic heterocycles. The van der Waals surface area contributed by atoms with Crippen molar-refractivity contribution in [1.82, 2.24) is 9.88 Å². The SMILES string of the molecule is Cc1c(CNCc2ccc(O)cc2)cc(C#N)n1C. The van der Waals surface area contributed by atoms with Crippen molar-refractivity contribution in [1.29, 1.82) is 5.26 Å². The molecule has 0 saturated heterocycles. The molecule has 0 aliphatic carbocycles. The van der Waals surface area contributed by atoms with Crippen LogP contribution in [-0.2, 0) is 20.1 Å². The highest BCUT2D eigenvalue weighted by Gasteiger charge is 2.07. The van der Waals surface area contributed by atoms with Crippen molar-refractivity contribution in [3.8, 4) is 11.8 Å². The van der Waals surface area contributed by atoms with Gasteiger partial charge < -0.3 is 15.0 Å². The Labute approximate surface area is 112 Å². The van der Waals surface area contributed by atoms with Gasteiger partial charge in [-0.3, -0.25) is 0 Å². The molecule has 0 aliphatic rings. The quantitative estimate of drug-likeness (QED) is 0.880. The fraction of sp³-hybridized carbons (Fsp3) is 0.267. The number of nitrogens with zero attached hydrogens (tertiary/aromatic N) is 2. The highest BCUT2D eigenvalue weighted by atomic mass is 16.3. The molecule has 0 spiro atoms. The maximum atomic E-state index is 9.20. The van der Waals surface area contributed by atoms with Gasteiger partial charge in [-0.05, 0) is 36.2 Å². The Bertz CT molecular complexity index is 606. The molecular weight excluding hydrogens is 238 g/mol. The Morgan fingerprint density at radius 3 is 2.53 bits per heavy atom. The minimum absolute atomic E-state index is 0.279. The molecule has 0 radical (unpaired) electrons. The van der Waals surface area contributed by atoms with Crippen LogP contribution in [0.3, 0.4) is 0 Å². The zero-order valence-corrected chi connectivity index (χ0v) is 11.1. The molecule has 0 unspecified atom stereocenters. The summed E-state index contributed by atoms with van der Waals surface area (Å²) in [7, 11) is 1.90. The van der Waals surface area contributed by atoms with E-state index in [-0.39, 0.29) is 5.75 Å². The number of nitrogens with one attached hydrogen (secondary N) is 1. The van der Waals surface area contributed by atoms with Crippen LogP contribution in [0.2, 0.25) is 0 Å². The second kappa shape index (κ2) is 5.59. The molecule has 19 heavy (non-hydrogen) atoms. The largest absolute Gasteiger partial charge is 0.508 e. The maximum absolute atomic E-state index is 9.20. The minimum Gasteiger partial charge on any atom is -0.508 e. The molecule has 0 saturated carbocycles. The summed E-state index contributed by atoms with van der Waals surface area (Å²) in [4.78, 5) is 0. The number of phenols is 1. The fourth-order valence-corrected chi connectivity index (χ4v) is 2.00. The van der Waals surface area contributed by atoms with Gasteiger partial charge >= 0.3 is 0 Å². The maximum Gasteiger partial charge on any atom is 0.120 e. The summed E-state index contributed by atoms with van der Waals surface area (Å²) in [6.07, 6.45) is 0. The smallest absolute Gasteiger partial charge is 0.120 e. The molecule has 1 aromatic heterocycles. The first-order chi connectivity index (χ1) is 9.11. The van der Waals surface area contributed by atoms with Crippen LogP contribution in [0, 0.1) is 18.3 Å². The van der Waals surface area contributed by atoms with E-state index in [0.717, 1.165) is 29.9 Å². The lowest BCUT2D eigenvalue weighted by atomic mass is 10.2. The van der Waals surface area contributed by atoms with Gasteiger partial charge in [-0.2, -0.15) is 5.26 Å². The molecular formula is C15H17N3O. The third-order valence-corrected chi connectivity index (χ3v) is 3.34. The summed E-state index contributed by atoms with van der Waals surface area (Å²) in [5, 5.41) is 21.5. The van der Waals surface area contributed by atoms with Crippen LogP contribution >= 0.6 is 0 Å². The second-order valence-corrected chi connectivity index (χ2v) is 4.58. The lowest BCUT2D eigenvalue weighted by Crippen LogP contribution is -2.13. The number of hydrogen-bond donors (Lipinski definition) is 2. The van der Waals surface area contributed by atoms with E-state index in [4.69, 9.17) is 5.26 Å². The number of aromatic hydroxyl groups is 1. The van der Waals surface area contributed by atoms with Crippen LogP contribution in [0.1, 0.15) is 22.5 Å². The van der Waals surface area contributed by atoms with E-state index in [1.807, 2.05) is 36.7 Å². The zero-order valence-electron chi connectivity index (χ0n) is 11.1. The van der Waals surface area contributed by atoms with Gasteiger partial charge in [0.15, 0.2) is 0 Å². The van der Waals surface area contributed by atoms with Crippen molar-refractivity contribution in [3.63, 3.8) is 0 Å². The van der Waals surface area contributed by atoms with Crippen LogP contribution in [0.15, 0.2) is 30.3 Å². The molecule has 4 nitrogen and oxygen atoms in total. The summed E-state index contributed by atoms with van der Waals surface area (Å²) >= 11 is 0. The topological polar surface area (TPSA) is 61.0 Å². The van der Waals surface area contributed by atoms with Crippen molar-refractivity contribution in [2.45, 2.75) is 20.0 Å². The van der Waals surface area contributed by atoms with Crippen molar-refractivity contribution < 1.29 is 5.11 Å². The second-order valence-electron chi connectivity index (χ2n) is 4.58. The van der Waals surface area contributed by atoms with Gasteiger partial charge in [0.25, 0.3) is 0 Å². The molecule has 4 heteroatoms. The molecule has 1 aromatic carbocycles. The predicted molar refractivity (Wildman–Crippen MR) is 73.5 cm³/mol. The number of hydrogen-bond acceptors (Lipinski definition) is 3. The third kappa shape index (κ3) is 2.95. The number of rotatable bonds is 4. The average Bonchev–Trinajstić information content (AvgIpc) is 2.69. The van der Waals surface area contributed by atoms with Gasteiger partial charge in [0.1, 0.15) is 17.5 Å². The Morgan fingerprint density at radius 2 is 1.95 bits per heavy atom. The average molecular weight is 255 g/mol. The van der Waals surface area contributed by atoms with E-state index in [2.05, 4.69) is 11.4 Å². The highest BCUT2D eigenvalue weighted by Crippen LogP contribution is 2.14. The van der Waals surface area contributed by atoms with Gasteiger partial charge in [-0.25, -0.2) is 0 Å². The summed E-state index contributed by atoms with van der Waals surface area (Å²) < 4.78 is 1.90. The summed E-state index contributed by atoms with van der Waals surface area (Å²) in [6, 6.07) is 11.2. The monoisotopic (exact) mass is 255 g/mol. The normalized spacial score (nSPS) is 10.4. The number of benzene rings is 1. The van der Waals surface area contributed by atoms with Crippen LogP contribution in [0.25, 0.3) is 0 Å². The molecule has 0 amide bonds. The Hall–Kier alpha value is -2.25. The van der Waals surface area contributed by atoms with Crippen LogP contribution in [-0.4, -0.2) is 9.67 Å². The van der Waals surface area contributed by atoms with Crippen molar-refractivity contribution in [3.05, 3.63) is 52.8 Å². The lowest BCUT2D eigenvalue weighted by molar-refractivity contribution is 0.475. The fourth-order valence-electron chi connectivity index (χ4n) is 2.00. The summed E-state index contributed by atoms with van der Waals surface area (Å²) in [6.45, 7) is 3.47. The first kappa shape index (κ1) is 13.2. The Kier molecular flexibility index (Phi) is 3.88. The molecule has 0 fully saturated rings. The van der Waals surface area contributed by atoms with Crippen LogP contribution in [0.5, 0.6) is 5.75 Å². The molecule has 2 aromatic rings. The van der Waals surface area contributed by atoms with Gasteiger partial charge in [0, 0.05) is 25.8 Å². The van der Waals surface area contributed by atoms with Crippen molar-refractivity contribution >= 4 is 0 Å². The van der Waals surface area contributed by atoms with E-state index >= 15 is 0 Å². The van der Waals surface area contributed by atoms with Crippen LogP contribution in [0.4, 0.5) is 0 Å².